The van der Waals surface area contributed by atoms with Crippen LogP contribution in [-0.2, 0) is 19.3 Å². The summed E-state index contributed by atoms with van der Waals surface area (Å²) in [7, 11) is -2.04. The summed E-state index contributed by atoms with van der Waals surface area (Å²) in [5.74, 6) is 1.47. The Morgan fingerprint density at radius 2 is 1.00 bits per heavy atom. The number of hydrogen-bond acceptors (Lipinski definition) is 3. The Labute approximate surface area is 254 Å². The zero-order chi connectivity index (χ0) is 29.4. The predicted octanol–water partition coefficient (Wildman–Crippen LogP) is 12.5. The first kappa shape index (κ1) is 35.6. The second kappa shape index (κ2) is 23.9. The molecular weight excluding hydrogens is 523 g/mol. The summed E-state index contributed by atoms with van der Waals surface area (Å²) in [6.07, 6.45) is 27.9. The van der Waals surface area contributed by atoms with Crippen LogP contribution in [0.1, 0.15) is 159 Å². The van der Waals surface area contributed by atoms with E-state index in [1.54, 1.807) is 0 Å². The van der Waals surface area contributed by atoms with E-state index in [2.05, 4.69) is 45.0 Å². The Hall–Kier alpha value is -1.57. The van der Waals surface area contributed by atoms with Crippen molar-refractivity contribution >= 4 is 8.60 Å². The molecule has 232 valence electrons. The second-order valence-electron chi connectivity index (χ2n) is 11.9. The van der Waals surface area contributed by atoms with Gasteiger partial charge in [-0.05, 0) is 73.4 Å². The van der Waals surface area contributed by atoms with Crippen LogP contribution in [0.3, 0.4) is 0 Å². The molecule has 0 aliphatic carbocycles. The lowest BCUT2D eigenvalue weighted by molar-refractivity contribution is 0.379. The molecule has 0 aromatic heterocycles. The van der Waals surface area contributed by atoms with Crippen LogP contribution in [0.25, 0.3) is 0 Å². The molecule has 4 heteroatoms. The number of unbranched alkanes of at least 4 members (excludes halogenated alkanes) is 16. The van der Waals surface area contributed by atoms with Crippen molar-refractivity contribution in [2.24, 2.45) is 0 Å². The van der Waals surface area contributed by atoms with E-state index < -0.39 is 8.60 Å². The van der Waals surface area contributed by atoms with Crippen LogP contribution < -0.4 is 9.05 Å². The average molecular weight is 585 g/mol. The highest BCUT2D eigenvalue weighted by atomic mass is 31.2. The van der Waals surface area contributed by atoms with Crippen LogP contribution in [-0.4, -0.2) is 4.89 Å². The smallest absolute Gasteiger partial charge is 0.418 e. The summed E-state index contributed by atoms with van der Waals surface area (Å²) < 4.78 is 11.9. The van der Waals surface area contributed by atoms with Gasteiger partial charge in [0.2, 0.25) is 0 Å². The quantitative estimate of drug-likeness (QED) is 0.0883. The zero-order valence-corrected chi connectivity index (χ0v) is 27.7. The fourth-order valence-electron chi connectivity index (χ4n) is 5.59. The SMILES string of the molecule is CCCCCCCCCc1ccc(OP(O)Oc2cccc(CCCCCCCC)c2CCCCCCCC)cc1. The van der Waals surface area contributed by atoms with E-state index >= 15 is 0 Å². The molecule has 1 atom stereocenters. The van der Waals surface area contributed by atoms with Crippen LogP contribution in [0.5, 0.6) is 11.5 Å². The zero-order valence-electron chi connectivity index (χ0n) is 26.8. The van der Waals surface area contributed by atoms with Crippen molar-refractivity contribution in [2.45, 2.75) is 162 Å². The maximum atomic E-state index is 10.8. The van der Waals surface area contributed by atoms with E-state index in [-0.39, 0.29) is 0 Å². The molecule has 0 spiro atoms. The second-order valence-corrected chi connectivity index (χ2v) is 12.7. The normalized spacial score (nSPS) is 12.0. The third-order valence-electron chi connectivity index (χ3n) is 8.16. The third-order valence-corrected chi connectivity index (χ3v) is 8.88. The van der Waals surface area contributed by atoms with Gasteiger partial charge in [0, 0.05) is 0 Å². The van der Waals surface area contributed by atoms with Gasteiger partial charge in [-0.1, -0.05) is 148 Å². The van der Waals surface area contributed by atoms with Crippen molar-refractivity contribution in [1.29, 1.82) is 0 Å². The first-order chi connectivity index (χ1) is 20.2. The molecule has 2 aromatic rings. The largest absolute Gasteiger partial charge is 0.460 e. The number of aryl methyl sites for hydroxylation is 2. The van der Waals surface area contributed by atoms with Crippen LogP contribution in [0, 0.1) is 0 Å². The molecule has 0 saturated carbocycles. The van der Waals surface area contributed by atoms with E-state index in [0.29, 0.717) is 5.75 Å². The van der Waals surface area contributed by atoms with Crippen molar-refractivity contribution in [3.63, 3.8) is 0 Å². The van der Waals surface area contributed by atoms with E-state index in [4.69, 9.17) is 9.05 Å². The van der Waals surface area contributed by atoms with Crippen molar-refractivity contribution in [3.8, 4) is 11.5 Å². The fraction of sp³-hybridized carbons (Fsp3) is 0.676. The number of rotatable bonds is 26. The maximum Gasteiger partial charge on any atom is 0.460 e. The fourth-order valence-corrected chi connectivity index (χ4v) is 6.27. The van der Waals surface area contributed by atoms with Crippen LogP contribution in [0.2, 0.25) is 0 Å². The van der Waals surface area contributed by atoms with Crippen LogP contribution in [0.4, 0.5) is 0 Å². The molecule has 1 N–H and O–H groups in total. The van der Waals surface area contributed by atoms with Gasteiger partial charge < -0.3 is 13.9 Å². The molecule has 2 aromatic carbocycles. The van der Waals surface area contributed by atoms with E-state index in [9.17, 15) is 4.89 Å². The summed E-state index contributed by atoms with van der Waals surface area (Å²) >= 11 is 0. The van der Waals surface area contributed by atoms with Crippen LogP contribution in [0.15, 0.2) is 42.5 Å². The molecule has 0 amide bonds. The van der Waals surface area contributed by atoms with E-state index in [1.807, 2.05) is 18.2 Å². The topological polar surface area (TPSA) is 38.7 Å². The Morgan fingerprint density at radius 1 is 0.512 bits per heavy atom. The molecule has 0 fully saturated rings. The van der Waals surface area contributed by atoms with Gasteiger partial charge in [-0.2, -0.15) is 0 Å². The van der Waals surface area contributed by atoms with Crippen molar-refractivity contribution in [1.82, 2.24) is 0 Å². The minimum atomic E-state index is -2.04. The van der Waals surface area contributed by atoms with Gasteiger partial charge in [0.15, 0.2) is 0 Å². The summed E-state index contributed by atoms with van der Waals surface area (Å²) in [5.41, 5.74) is 3.98. The van der Waals surface area contributed by atoms with Gasteiger partial charge >= 0.3 is 8.60 Å². The highest BCUT2D eigenvalue weighted by Crippen LogP contribution is 2.39. The molecule has 0 radical (unpaired) electrons. The average Bonchev–Trinajstić information content (AvgIpc) is 2.98. The van der Waals surface area contributed by atoms with Crippen LogP contribution >= 0.6 is 8.60 Å². The van der Waals surface area contributed by atoms with Gasteiger partial charge in [-0.15, -0.1) is 0 Å². The lowest BCUT2D eigenvalue weighted by atomic mass is 9.95. The molecule has 0 aliphatic rings. The summed E-state index contributed by atoms with van der Waals surface area (Å²) in [6.45, 7) is 6.80. The summed E-state index contributed by atoms with van der Waals surface area (Å²) in [5, 5.41) is 0. The van der Waals surface area contributed by atoms with Gasteiger partial charge in [0.1, 0.15) is 11.5 Å². The summed E-state index contributed by atoms with van der Waals surface area (Å²) in [6, 6.07) is 14.5. The predicted molar refractivity (Wildman–Crippen MR) is 179 cm³/mol. The Kier molecular flexibility index (Phi) is 20.8. The Morgan fingerprint density at radius 3 is 1.56 bits per heavy atom. The van der Waals surface area contributed by atoms with E-state index in [1.165, 1.54) is 132 Å². The first-order valence-corrected chi connectivity index (χ1v) is 18.4. The Bertz CT molecular complexity index is 882. The lowest BCUT2D eigenvalue weighted by Crippen LogP contribution is -2.02. The van der Waals surface area contributed by atoms with Crippen molar-refractivity contribution in [3.05, 3.63) is 59.2 Å². The monoisotopic (exact) mass is 584 g/mol. The molecule has 1 unspecified atom stereocenters. The van der Waals surface area contributed by atoms with Gasteiger partial charge in [-0.3, -0.25) is 0 Å². The molecule has 41 heavy (non-hydrogen) atoms. The number of hydrogen-bond donors (Lipinski definition) is 1. The highest BCUT2D eigenvalue weighted by molar-refractivity contribution is 7.41. The molecule has 2 rings (SSSR count). The molecule has 3 nitrogen and oxygen atoms in total. The molecule has 0 heterocycles. The van der Waals surface area contributed by atoms with Gasteiger partial charge in [-0.25, -0.2) is 0 Å². The van der Waals surface area contributed by atoms with Crippen molar-refractivity contribution in [2.75, 3.05) is 0 Å². The minimum absolute atomic E-state index is 0.669. The lowest BCUT2D eigenvalue weighted by Gasteiger charge is -2.18. The summed E-state index contributed by atoms with van der Waals surface area (Å²) in [4.78, 5) is 10.8. The first-order valence-electron chi connectivity index (χ1n) is 17.2. The Balaban J connectivity index is 1.89. The van der Waals surface area contributed by atoms with Crippen molar-refractivity contribution < 1.29 is 13.9 Å². The maximum absolute atomic E-state index is 10.8. The molecule has 0 aliphatic heterocycles. The third kappa shape index (κ3) is 16.6. The molecule has 0 saturated heterocycles. The van der Waals surface area contributed by atoms with Gasteiger partial charge in [0.05, 0.1) is 0 Å². The minimum Gasteiger partial charge on any atom is -0.418 e. The van der Waals surface area contributed by atoms with Gasteiger partial charge in [0.25, 0.3) is 0 Å². The number of benzene rings is 2. The highest BCUT2D eigenvalue weighted by Gasteiger charge is 2.17. The standard InChI is InChI=1S/C37H61O3P/c1-4-7-10-13-16-17-20-24-33-29-31-35(32-30-33)39-41(38)40-37-28-23-26-34(25-21-18-14-11-8-5-2)36(37)27-22-19-15-12-9-6-3/h23,26,28-32,38H,4-22,24-25,27H2,1-3H3. The molecular formula is C37H61O3P. The molecule has 0 bridgehead atoms. The van der Waals surface area contributed by atoms with E-state index in [0.717, 1.165) is 31.4 Å².